The number of ether oxygens (including phenoxy) is 1. The van der Waals surface area contributed by atoms with E-state index in [-0.39, 0.29) is 11.3 Å². The molecule has 0 aliphatic rings. The lowest BCUT2D eigenvalue weighted by atomic mass is 10.1. The van der Waals surface area contributed by atoms with E-state index in [2.05, 4.69) is 0 Å². The van der Waals surface area contributed by atoms with Gasteiger partial charge in [0.25, 0.3) is 0 Å². The summed E-state index contributed by atoms with van der Waals surface area (Å²) in [5, 5.41) is 0. The smallest absolute Gasteiger partial charge is 0.340 e. The van der Waals surface area contributed by atoms with Crippen molar-refractivity contribution in [1.82, 2.24) is 0 Å². The van der Waals surface area contributed by atoms with E-state index < -0.39 is 17.4 Å². The van der Waals surface area contributed by atoms with Crippen LogP contribution in [0.3, 0.4) is 0 Å². The van der Waals surface area contributed by atoms with Crippen molar-refractivity contribution in [2.24, 2.45) is 0 Å². The summed E-state index contributed by atoms with van der Waals surface area (Å²) in [6.07, 6.45) is 0. The molecule has 0 saturated heterocycles. The fourth-order valence-corrected chi connectivity index (χ4v) is 1.21. The van der Waals surface area contributed by atoms with Gasteiger partial charge in [0, 0.05) is 5.69 Å². The average molecular weight is 225 g/mol. The third-order valence-corrected chi connectivity index (χ3v) is 1.95. The van der Waals surface area contributed by atoms with Crippen LogP contribution in [0, 0.1) is 12.7 Å². The second kappa shape index (κ2) is 4.12. The van der Waals surface area contributed by atoms with Crippen LogP contribution in [0.15, 0.2) is 12.1 Å². The monoisotopic (exact) mass is 225 g/mol. The van der Waals surface area contributed by atoms with Crippen molar-refractivity contribution in [3.8, 4) is 0 Å². The summed E-state index contributed by atoms with van der Waals surface area (Å²) in [6.45, 7) is 6.86. The number of nitrogen functional groups attached to an aromatic ring is 1. The van der Waals surface area contributed by atoms with Crippen molar-refractivity contribution in [3.05, 3.63) is 29.1 Å². The minimum absolute atomic E-state index is 0.0948. The Morgan fingerprint density at radius 2 is 1.94 bits per heavy atom. The normalized spacial score (nSPS) is 11.3. The summed E-state index contributed by atoms with van der Waals surface area (Å²) in [5.41, 5.74) is 5.65. The van der Waals surface area contributed by atoms with Gasteiger partial charge in [0.1, 0.15) is 11.4 Å². The highest BCUT2D eigenvalue weighted by atomic mass is 19.1. The van der Waals surface area contributed by atoms with Crippen molar-refractivity contribution in [1.29, 1.82) is 0 Å². The number of hydrogen-bond acceptors (Lipinski definition) is 3. The van der Waals surface area contributed by atoms with Gasteiger partial charge in [0.05, 0.1) is 5.56 Å². The summed E-state index contributed by atoms with van der Waals surface area (Å²) < 4.78 is 18.3. The van der Waals surface area contributed by atoms with Crippen molar-refractivity contribution in [2.45, 2.75) is 33.3 Å². The van der Waals surface area contributed by atoms with E-state index in [1.54, 1.807) is 27.7 Å². The summed E-state index contributed by atoms with van der Waals surface area (Å²) in [7, 11) is 0. The number of aryl methyl sites for hydroxylation is 1. The summed E-state index contributed by atoms with van der Waals surface area (Å²) in [4.78, 5) is 11.7. The molecule has 0 amide bonds. The molecule has 1 aromatic rings. The number of carbonyl (C=O) groups excluding carboxylic acids is 1. The summed E-state index contributed by atoms with van der Waals surface area (Å²) in [6, 6.07) is 2.54. The minimum atomic E-state index is -0.591. The molecule has 0 aliphatic heterocycles. The highest BCUT2D eigenvalue weighted by Crippen LogP contribution is 2.20. The Morgan fingerprint density at radius 1 is 1.38 bits per heavy atom. The van der Waals surface area contributed by atoms with Gasteiger partial charge in [-0.25, -0.2) is 9.18 Å². The number of hydrogen-bond donors (Lipinski definition) is 1. The number of rotatable bonds is 1. The Kier molecular flexibility index (Phi) is 3.21. The topological polar surface area (TPSA) is 52.3 Å². The van der Waals surface area contributed by atoms with Crippen LogP contribution in [0.5, 0.6) is 0 Å². The highest BCUT2D eigenvalue weighted by Gasteiger charge is 2.20. The molecule has 0 fully saturated rings. The lowest BCUT2D eigenvalue weighted by molar-refractivity contribution is 0.00707. The lowest BCUT2D eigenvalue weighted by Gasteiger charge is -2.20. The molecule has 1 rings (SSSR count). The van der Waals surface area contributed by atoms with Gasteiger partial charge in [0.2, 0.25) is 0 Å². The SMILES string of the molecule is Cc1cc(C(=O)OC(C)(C)C)c(N)cc1F. The molecular weight excluding hydrogens is 209 g/mol. The van der Waals surface area contributed by atoms with Crippen LogP contribution in [0.25, 0.3) is 0 Å². The van der Waals surface area contributed by atoms with Gasteiger partial charge < -0.3 is 10.5 Å². The second-order valence-corrected chi connectivity index (χ2v) is 4.69. The largest absolute Gasteiger partial charge is 0.456 e. The lowest BCUT2D eigenvalue weighted by Crippen LogP contribution is -2.24. The van der Waals surface area contributed by atoms with Crippen molar-refractivity contribution in [3.63, 3.8) is 0 Å². The van der Waals surface area contributed by atoms with Gasteiger partial charge in [-0.2, -0.15) is 0 Å². The molecule has 0 saturated carbocycles. The van der Waals surface area contributed by atoms with E-state index in [9.17, 15) is 9.18 Å². The van der Waals surface area contributed by atoms with Gasteiger partial charge in [-0.1, -0.05) is 0 Å². The number of carbonyl (C=O) groups is 1. The Morgan fingerprint density at radius 3 is 2.44 bits per heavy atom. The number of halogens is 1. The van der Waals surface area contributed by atoms with Crippen LogP contribution in [-0.4, -0.2) is 11.6 Å². The predicted octanol–water partition coefficient (Wildman–Crippen LogP) is 2.67. The first-order valence-electron chi connectivity index (χ1n) is 4.99. The van der Waals surface area contributed by atoms with Crippen LogP contribution in [0.1, 0.15) is 36.7 Å². The van der Waals surface area contributed by atoms with E-state index in [0.717, 1.165) is 6.07 Å². The first-order valence-corrected chi connectivity index (χ1v) is 4.99. The number of anilines is 1. The van der Waals surface area contributed by atoms with Crippen LogP contribution in [-0.2, 0) is 4.74 Å². The standard InChI is InChI=1S/C12H16FNO2/c1-7-5-8(10(14)6-9(7)13)11(15)16-12(2,3)4/h5-6H,14H2,1-4H3. The Bertz CT molecular complexity index is 422. The maximum absolute atomic E-state index is 13.1. The maximum atomic E-state index is 13.1. The molecular formula is C12H16FNO2. The van der Waals surface area contributed by atoms with Gasteiger partial charge in [0.15, 0.2) is 0 Å². The van der Waals surface area contributed by atoms with E-state index in [0.29, 0.717) is 5.56 Å². The van der Waals surface area contributed by atoms with Crippen molar-refractivity contribution < 1.29 is 13.9 Å². The highest BCUT2D eigenvalue weighted by molar-refractivity contribution is 5.95. The molecule has 0 aliphatic carbocycles. The maximum Gasteiger partial charge on any atom is 0.340 e. The fourth-order valence-electron chi connectivity index (χ4n) is 1.21. The number of benzene rings is 1. The first-order chi connectivity index (χ1) is 7.20. The number of esters is 1. The fraction of sp³-hybridized carbons (Fsp3) is 0.417. The molecule has 0 bridgehead atoms. The van der Waals surface area contributed by atoms with Crippen molar-refractivity contribution in [2.75, 3.05) is 5.73 Å². The number of nitrogens with two attached hydrogens (primary N) is 1. The zero-order valence-corrected chi connectivity index (χ0v) is 9.93. The molecule has 3 nitrogen and oxygen atoms in total. The third-order valence-electron chi connectivity index (χ3n) is 1.95. The van der Waals surface area contributed by atoms with Gasteiger partial charge in [-0.05, 0) is 45.4 Å². The van der Waals surface area contributed by atoms with E-state index in [1.165, 1.54) is 6.07 Å². The first kappa shape index (κ1) is 12.5. The summed E-state index contributed by atoms with van der Waals surface area (Å²) in [5.74, 6) is -0.960. The van der Waals surface area contributed by atoms with Crippen LogP contribution < -0.4 is 5.73 Å². The minimum Gasteiger partial charge on any atom is -0.456 e. The summed E-state index contributed by atoms with van der Waals surface area (Å²) >= 11 is 0. The average Bonchev–Trinajstić information content (AvgIpc) is 2.08. The van der Waals surface area contributed by atoms with Crippen LogP contribution in [0.4, 0.5) is 10.1 Å². The Hall–Kier alpha value is -1.58. The molecule has 0 spiro atoms. The Labute approximate surface area is 94.4 Å². The van der Waals surface area contributed by atoms with E-state index in [1.807, 2.05) is 0 Å². The zero-order chi connectivity index (χ0) is 12.5. The predicted molar refractivity (Wildman–Crippen MR) is 60.7 cm³/mol. The van der Waals surface area contributed by atoms with Gasteiger partial charge in [-0.15, -0.1) is 0 Å². The van der Waals surface area contributed by atoms with E-state index >= 15 is 0 Å². The van der Waals surface area contributed by atoms with E-state index in [4.69, 9.17) is 10.5 Å². The molecule has 0 atom stereocenters. The second-order valence-electron chi connectivity index (χ2n) is 4.69. The molecule has 88 valence electrons. The molecule has 0 radical (unpaired) electrons. The molecule has 0 aromatic heterocycles. The molecule has 0 heterocycles. The quantitative estimate of drug-likeness (QED) is 0.590. The van der Waals surface area contributed by atoms with Crippen LogP contribution in [0.2, 0.25) is 0 Å². The molecule has 4 heteroatoms. The molecule has 16 heavy (non-hydrogen) atoms. The Balaban J connectivity index is 3.05. The van der Waals surface area contributed by atoms with Gasteiger partial charge in [-0.3, -0.25) is 0 Å². The third kappa shape index (κ3) is 2.95. The molecule has 0 unspecified atom stereocenters. The van der Waals surface area contributed by atoms with Crippen LogP contribution >= 0.6 is 0 Å². The molecule has 2 N–H and O–H groups in total. The van der Waals surface area contributed by atoms with Crippen molar-refractivity contribution >= 4 is 11.7 Å². The zero-order valence-electron chi connectivity index (χ0n) is 9.93. The molecule has 1 aromatic carbocycles. The van der Waals surface area contributed by atoms with Gasteiger partial charge >= 0.3 is 5.97 Å².